The van der Waals surface area contributed by atoms with Gasteiger partial charge in [-0.3, -0.25) is 4.79 Å². The van der Waals surface area contributed by atoms with Gasteiger partial charge in [-0.05, 0) is 30.3 Å². The van der Waals surface area contributed by atoms with Gasteiger partial charge < -0.3 is 29.9 Å². The zero-order valence-electron chi connectivity index (χ0n) is 12.6. The van der Waals surface area contributed by atoms with Crippen LogP contribution in [0.3, 0.4) is 0 Å². The standard InChI is InChI=1S/C17H12O8/c18-11-4-3-10-15(22)13(25-17(10)16(11)23)5-8-1-2-9(6-12(8)19)24-7-14(20)21/h1-6,18-19,23H,7H2,(H,20,21)/b13-5-. The van der Waals surface area contributed by atoms with Crippen LogP contribution in [0, 0.1) is 0 Å². The molecule has 3 rings (SSSR count). The average Bonchev–Trinajstić information content (AvgIpc) is 2.88. The van der Waals surface area contributed by atoms with Crippen molar-refractivity contribution in [3.8, 4) is 28.7 Å². The van der Waals surface area contributed by atoms with Gasteiger partial charge >= 0.3 is 5.97 Å². The number of hydrogen-bond acceptors (Lipinski definition) is 7. The first-order chi connectivity index (χ1) is 11.9. The Morgan fingerprint density at radius 2 is 1.88 bits per heavy atom. The first-order valence-corrected chi connectivity index (χ1v) is 7.03. The lowest BCUT2D eigenvalue weighted by molar-refractivity contribution is -0.139. The SMILES string of the molecule is O=C(O)COc1ccc(/C=C2\Oc3c(ccc(O)c3O)C2=O)c(O)c1. The van der Waals surface area contributed by atoms with E-state index in [-0.39, 0.29) is 34.1 Å². The highest BCUT2D eigenvalue weighted by atomic mass is 16.5. The van der Waals surface area contributed by atoms with Crippen LogP contribution < -0.4 is 9.47 Å². The molecular formula is C17H12O8. The molecule has 8 nitrogen and oxygen atoms in total. The number of benzene rings is 2. The van der Waals surface area contributed by atoms with E-state index in [9.17, 15) is 24.9 Å². The second-order valence-corrected chi connectivity index (χ2v) is 5.15. The summed E-state index contributed by atoms with van der Waals surface area (Å²) < 4.78 is 10.2. The highest BCUT2D eigenvalue weighted by Gasteiger charge is 2.31. The van der Waals surface area contributed by atoms with Crippen LogP contribution in [0.5, 0.6) is 28.7 Å². The number of carboxylic acid groups (broad SMARTS) is 1. The third kappa shape index (κ3) is 3.05. The van der Waals surface area contributed by atoms with Crippen LogP contribution in [-0.2, 0) is 4.79 Å². The molecule has 0 atom stereocenters. The molecule has 0 bridgehead atoms. The normalized spacial score (nSPS) is 14.2. The monoisotopic (exact) mass is 344 g/mol. The number of phenols is 3. The third-order valence-corrected chi connectivity index (χ3v) is 3.44. The molecule has 0 saturated carbocycles. The number of ketones is 1. The molecule has 4 N–H and O–H groups in total. The zero-order chi connectivity index (χ0) is 18.1. The maximum absolute atomic E-state index is 12.3. The van der Waals surface area contributed by atoms with Gasteiger partial charge in [0.2, 0.25) is 11.5 Å². The van der Waals surface area contributed by atoms with Gasteiger partial charge in [0.15, 0.2) is 23.9 Å². The third-order valence-electron chi connectivity index (χ3n) is 3.44. The van der Waals surface area contributed by atoms with Crippen LogP contribution in [0.4, 0.5) is 0 Å². The van der Waals surface area contributed by atoms with E-state index < -0.39 is 29.9 Å². The molecule has 0 fully saturated rings. The van der Waals surface area contributed by atoms with E-state index in [1.165, 1.54) is 36.4 Å². The van der Waals surface area contributed by atoms with E-state index in [4.69, 9.17) is 14.6 Å². The van der Waals surface area contributed by atoms with Crippen LogP contribution in [0.1, 0.15) is 15.9 Å². The maximum Gasteiger partial charge on any atom is 0.341 e. The number of hydrogen-bond donors (Lipinski definition) is 4. The quantitative estimate of drug-likeness (QED) is 0.488. The minimum atomic E-state index is -1.16. The molecule has 1 heterocycles. The fourth-order valence-electron chi connectivity index (χ4n) is 2.25. The summed E-state index contributed by atoms with van der Waals surface area (Å²) in [5.41, 5.74) is 0.310. The summed E-state index contributed by atoms with van der Waals surface area (Å²) >= 11 is 0. The Morgan fingerprint density at radius 1 is 1.12 bits per heavy atom. The highest BCUT2D eigenvalue weighted by Crippen LogP contribution is 2.44. The van der Waals surface area contributed by atoms with Gasteiger partial charge in [0.1, 0.15) is 11.5 Å². The smallest absolute Gasteiger partial charge is 0.341 e. The number of aliphatic carboxylic acids is 1. The average molecular weight is 344 g/mol. The lowest BCUT2D eigenvalue weighted by Gasteiger charge is -2.06. The fourth-order valence-corrected chi connectivity index (χ4v) is 2.25. The Bertz CT molecular complexity index is 913. The fraction of sp³-hybridized carbons (Fsp3) is 0.0588. The largest absolute Gasteiger partial charge is 0.507 e. The van der Waals surface area contributed by atoms with Crippen molar-refractivity contribution in [2.75, 3.05) is 6.61 Å². The Balaban J connectivity index is 1.88. The number of aromatic hydroxyl groups is 3. The zero-order valence-corrected chi connectivity index (χ0v) is 12.6. The summed E-state index contributed by atoms with van der Waals surface area (Å²) in [5, 5.41) is 37.7. The number of allylic oxidation sites excluding steroid dienone is 1. The van der Waals surface area contributed by atoms with Crippen molar-refractivity contribution in [1.29, 1.82) is 0 Å². The molecule has 0 unspecified atom stereocenters. The number of fused-ring (bicyclic) bond motifs is 1. The molecule has 8 heteroatoms. The Labute approximate surface area is 140 Å². The van der Waals surface area contributed by atoms with Gasteiger partial charge in [-0.15, -0.1) is 0 Å². The van der Waals surface area contributed by atoms with Crippen LogP contribution in [0.25, 0.3) is 6.08 Å². The lowest BCUT2D eigenvalue weighted by atomic mass is 10.1. The molecule has 0 saturated heterocycles. The molecule has 0 aliphatic carbocycles. The van der Waals surface area contributed by atoms with E-state index in [0.29, 0.717) is 0 Å². The van der Waals surface area contributed by atoms with Crippen LogP contribution in [0.2, 0.25) is 0 Å². The Morgan fingerprint density at radius 3 is 2.56 bits per heavy atom. The van der Waals surface area contributed by atoms with Gasteiger partial charge in [0.05, 0.1) is 5.56 Å². The van der Waals surface area contributed by atoms with E-state index in [1.54, 1.807) is 0 Å². The summed E-state index contributed by atoms with van der Waals surface area (Å²) in [6.07, 6.45) is 1.26. The van der Waals surface area contributed by atoms with Crippen molar-refractivity contribution in [2.45, 2.75) is 0 Å². The summed E-state index contributed by atoms with van der Waals surface area (Å²) in [6, 6.07) is 6.52. The van der Waals surface area contributed by atoms with Gasteiger partial charge in [0.25, 0.3) is 0 Å². The molecule has 0 amide bonds. The van der Waals surface area contributed by atoms with E-state index in [2.05, 4.69) is 0 Å². The predicted octanol–water partition coefficient (Wildman–Crippen LogP) is 1.88. The number of phenolic OH excluding ortho intramolecular Hbond substituents is 3. The summed E-state index contributed by atoms with van der Waals surface area (Å²) in [7, 11) is 0. The first-order valence-electron chi connectivity index (χ1n) is 7.03. The van der Waals surface area contributed by atoms with Crippen molar-refractivity contribution in [2.24, 2.45) is 0 Å². The topological polar surface area (TPSA) is 134 Å². The number of carbonyl (C=O) groups is 2. The molecule has 0 aromatic heterocycles. The van der Waals surface area contributed by atoms with Crippen molar-refractivity contribution < 1.29 is 39.5 Å². The summed E-state index contributed by atoms with van der Waals surface area (Å²) in [5.74, 6) is -3.05. The number of carboxylic acids is 1. The molecule has 1 aliphatic rings. The van der Waals surface area contributed by atoms with Gasteiger partial charge in [-0.2, -0.15) is 0 Å². The van der Waals surface area contributed by atoms with Gasteiger partial charge in [-0.25, -0.2) is 4.79 Å². The molecule has 25 heavy (non-hydrogen) atoms. The second kappa shape index (κ2) is 6.08. The molecular weight excluding hydrogens is 332 g/mol. The van der Waals surface area contributed by atoms with Crippen LogP contribution >= 0.6 is 0 Å². The molecule has 0 spiro atoms. The summed E-state index contributed by atoms with van der Waals surface area (Å²) in [6.45, 7) is -0.556. The molecule has 1 aliphatic heterocycles. The van der Waals surface area contributed by atoms with Crippen molar-refractivity contribution >= 4 is 17.8 Å². The van der Waals surface area contributed by atoms with Crippen molar-refractivity contribution in [3.05, 3.63) is 47.2 Å². The minimum absolute atomic E-state index is 0.0856. The number of ether oxygens (including phenoxy) is 2. The van der Waals surface area contributed by atoms with Gasteiger partial charge in [0, 0.05) is 11.6 Å². The van der Waals surface area contributed by atoms with Crippen LogP contribution in [-0.4, -0.2) is 38.8 Å². The highest BCUT2D eigenvalue weighted by molar-refractivity contribution is 6.15. The Kier molecular flexibility index (Phi) is 3.94. The molecule has 2 aromatic rings. The Hall–Kier alpha value is -3.68. The van der Waals surface area contributed by atoms with E-state index >= 15 is 0 Å². The van der Waals surface area contributed by atoms with E-state index in [0.717, 1.165) is 0 Å². The van der Waals surface area contributed by atoms with Crippen molar-refractivity contribution in [3.63, 3.8) is 0 Å². The number of rotatable bonds is 4. The second-order valence-electron chi connectivity index (χ2n) is 5.15. The maximum atomic E-state index is 12.3. The van der Waals surface area contributed by atoms with Crippen molar-refractivity contribution in [1.82, 2.24) is 0 Å². The number of carbonyl (C=O) groups excluding carboxylic acids is 1. The van der Waals surface area contributed by atoms with E-state index in [1.807, 2.05) is 0 Å². The minimum Gasteiger partial charge on any atom is -0.507 e. The van der Waals surface area contributed by atoms with Crippen LogP contribution in [0.15, 0.2) is 36.1 Å². The lowest BCUT2D eigenvalue weighted by Crippen LogP contribution is -2.09. The first kappa shape index (κ1) is 16.2. The molecule has 128 valence electrons. The number of Topliss-reactive ketones (excluding diaryl/α,β-unsaturated/α-hetero) is 1. The molecule has 2 aromatic carbocycles. The summed E-state index contributed by atoms with van der Waals surface area (Å²) in [4.78, 5) is 22.7. The molecule has 0 radical (unpaired) electrons. The van der Waals surface area contributed by atoms with Gasteiger partial charge in [-0.1, -0.05) is 0 Å². The predicted molar refractivity (Wildman–Crippen MR) is 83.9 cm³/mol.